The number of nitriles is 1. The molecule has 0 aliphatic carbocycles. The van der Waals surface area contributed by atoms with Gasteiger partial charge >= 0.3 is 5.97 Å². The molecule has 1 heterocycles. The fraction of sp³-hybridized carbons (Fsp3) is 0.474. The van der Waals surface area contributed by atoms with Crippen LogP contribution in [-0.2, 0) is 16.1 Å². The number of carbonyl (C=O) groups is 1. The van der Waals surface area contributed by atoms with Gasteiger partial charge in [-0.25, -0.2) is 0 Å². The maximum absolute atomic E-state index is 12.2. The Balaban J connectivity index is 2.14. The van der Waals surface area contributed by atoms with E-state index < -0.39 is 0 Å². The van der Waals surface area contributed by atoms with Gasteiger partial charge in [0.15, 0.2) is 0 Å². The van der Waals surface area contributed by atoms with E-state index in [1.54, 1.807) is 31.2 Å². The van der Waals surface area contributed by atoms with Crippen LogP contribution in [0.4, 0.5) is 0 Å². The molecule has 0 saturated carbocycles. The van der Waals surface area contributed by atoms with Gasteiger partial charge in [-0.1, -0.05) is 13.8 Å². The van der Waals surface area contributed by atoms with Crippen LogP contribution in [0.2, 0.25) is 0 Å². The largest absolute Gasteiger partial charge is 0.465 e. The number of esters is 1. The molecule has 1 atom stereocenters. The summed E-state index contributed by atoms with van der Waals surface area (Å²) in [5.74, 6) is 0.612. The first-order valence-corrected chi connectivity index (χ1v) is 8.86. The van der Waals surface area contributed by atoms with E-state index in [-0.39, 0.29) is 12.0 Å². The van der Waals surface area contributed by atoms with E-state index in [1.165, 1.54) is 0 Å². The molecular weight excluding hydrogens is 332 g/mol. The van der Waals surface area contributed by atoms with Gasteiger partial charge in [-0.2, -0.15) is 5.26 Å². The Morgan fingerprint density at radius 1 is 1.27 bits per heavy atom. The molecule has 0 spiro atoms. The Morgan fingerprint density at radius 2 is 2.00 bits per heavy atom. The molecule has 0 bridgehead atoms. The van der Waals surface area contributed by atoms with Gasteiger partial charge in [0.25, 0.3) is 0 Å². The zero-order valence-corrected chi connectivity index (χ0v) is 15.4. The molecule has 7 nitrogen and oxygen atoms in total. The second-order valence-corrected chi connectivity index (χ2v) is 5.84. The van der Waals surface area contributed by atoms with E-state index in [0.29, 0.717) is 36.9 Å². The van der Waals surface area contributed by atoms with Crippen LogP contribution in [0.15, 0.2) is 28.7 Å². The molecule has 7 heteroatoms. The van der Waals surface area contributed by atoms with Gasteiger partial charge in [-0.05, 0) is 50.6 Å². The zero-order chi connectivity index (χ0) is 18.9. The molecule has 0 amide bonds. The van der Waals surface area contributed by atoms with Crippen molar-refractivity contribution in [1.29, 1.82) is 5.26 Å². The molecule has 1 aromatic heterocycles. The lowest BCUT2D eigenvalue weighted by molar-refractivity contribution is -0.150. The van der Waals surface area contributed by atoms with Gasteiger partial charge in [0, 0.05) is 5.56 Å². The Hall–Kier alpha value is -2.72. The number of hydrogen-bond donors (Lipinski definition) is 0. The predicted octanol–water partition coefficient (Wildman–Crippen LogP) is 3.16. The van der Waals surface area contributed by atoms with Crippen LogP contribution in [-0.4, -0.2) is 40.3 Å². The monoisotopic (exact) mass is 356 g/mol. The first-order chi connectivity index (χ1) is 12.6. The topological polar surface area (TPSA) is 92.3 Å². The van der Waals surface area contributed by atoms with Crippen molar-refractivity contribution in [3.8, 4) is 17.5 Å². The molecule has 0 aliphatic heterocycles. The van der Waals surface area contributed by atoms with Crippen molar-refractivity contribution in [3.63, 3.8) is 0 Å². The number of aromatic nitrogens is 2. The third-order valence-corrected chi connectivity index (χ3v) is 3.96. The Bertz CT molecular complexity index is 749. The maximum Gasteiger partial charge on any atom is 0.323 e. The maximum atomic E-state index is 12.2. The summed E-state index contributed by atoms with van der Waals surface area (Å²) in [6.45, 7) is 7.29. The lowest BCUT2D eigenvalue weighted by Gasteiger charge is -2.27. The van der Waals surface area contributed by atoms with Crippen molar-refractivity contribution in [2.75, 3.05) is 13.2 Å². The summed E-state index contributed by atoms with van der Waals surface area (Å²) < 4.78 is 10.9. The number of rotatable bonds is 9. The van der Waals surface area contributed by atoms with Gasteiger partial charge in [-0.15, -0.1) is 10.2 Å². The number of nitrogens with zero attached hydrogens (tertiary/aromatic N) is 4. The van der Waals surface area contributed by atoms with Gasteiger partial charge in [0.2, 0.25) is 11.8 Å². The summed E-state index contributed by atoms with van der Waals surface area (Å²) >= 11 is 0. The van der Waals surface area contributed by atoms with Crippen LogP contribution >= 0.6 is 0 Å². The third-order valence-electron chi connectivity index (χ3n) is 3.96. The molecule has 0 N–H and O–H groups in total. The highest BCUT2D eigenvalue weighted by atomic mass is 16.5. The van der Waals surface area contributed by atoms with E-state index in [0.717, 1.165) is 18.5 Å². The van der Waals surface area contributed by atoms with Gasteiger partial charge < -0.3 is 9.15 Å². The fourth-order valence-corrected chi connectivity index (χ4v) is 2.74. The minimum atomic E-state index is -0.333. The number of hydrogen-bond acceptors (Lipinski definition) is 7. The molecule has 0 radical (unpaired) electrons. The van der Waals surface area contributed by atoms with Crippen molar-refractivity contribution in [1.82, 2.24) is 15.1 Å². The number of ether oxygens (including phenoxy) is 1. The second-order valence-electron chi connectivity index (χ2n) is 5.84. The smallest absolute Gasteiger partial charge is 0.323 e. The highest BCUT2D eigenvalue weighted by Crippen LogP contribution is 2.20. The van der Waals surface area contributed by atoms with Crippen molar-refractivity contribution in [3.05, 3.63) is 35.7 Å². The predicted molar refractivity (Wildman–Crippen MR) is 95.9 cm³/mol. The molecule has 26 heavy (non-hydrogen) atoms. The van der Waals surface area contributed by atoms with Crippen molar-refractivity contribution >= 4 is 5.97 Å². The average molecular weight is 356 g/mol. The van der Waals surface area contributed by atoms with Crippen LogP contribution in [0.3, 0.4) is 0 Å². The average Bonchev–Trinajstić information content (AvgIpc) is 3.11. The molecular formula is C19H24N4O3. The van der Waals surface area contributed by atoms with Crippen LogP contribution < -0.4 is 0 Å². The second kappa shape index (κ2) is 9.68. The first-order valence-electron chi connectivity index (χ1n) is 8.86. The first kappa shape index (κ1) is 19.6. The Kier molecular flexibility index (Phi) is 7.30. The molecule has 0 unspecified atom stereocenters. The Morgan fingerprint density at radius 3 is 2.58 bits per heavy atom. The van der Waals surface area contributed by atoms with E-state index >= 15 is 0 Å². The van der Waals surface area contributed by atoms with Gasteiger partial charge in [0.05, 0.1) is 24.8 Å². The zero-order valence-electron chi connectivity index (χ0n) is 15.4. The summed E-state index contributed by atoms with van der Waals surface area (Å²) in [6, 6.07) is 8.69. The SMILES string of the molecule is CCCN(Cc1nnc(-c2ccc(C#N)cc2)o1)[C@@H](CC)C(=O)OCC. The molecule has 2 rings (SSSR count). The molecule has 1 aromatic carbocycles. The molecule has 0 aliphatic rings. The normalized spacial score (nSPS) is 12.0. The summed E-state index contributed by atoms with van der Waals surface area (Å²) in [5.41, 5.74) is 1.32. The highest BCUT2D eigenvalue weighted by molar-refractivity contribution is 5.75. The van der Waals surface area contributed by atoms with Crippen LogP contribution in [0.1, 0.15) is 45.1 Å². The quantitative estimate of drug-likeness (QED) is 0.637. The van der Waals surface area contributed by atoms with E-state index in [2.05, 4.69) is 23.2 Å². The molecule has 138 valence electrons. The van der Waals surface area contributed by atoms with E-state index in [9.17, 15) is 4.79 Å². The molecule has 0 saturated heterocycles. The minimum absolute atomic E-state index is 0.227. The highest BCUT2D eigenvalue weighted by Gasteiger charge is 2.26. The van der Waals surface area contributed by atoms with E-state index in [4.69, 9.17) is 14.4 Å². The molecule has 0 fully saturated rings. The van der Waals surface area contributed by atoms with E-state index in [1.807, 2.05) is 11.8 Å². The van der Waals surface area contributed by atoms with Crippen LogP contribution in [0.5, 0.6) is 0 Å². The van der Waals surface area contributed by atoms with Crippen molar-refractivity contribution in [2.45, 2.75) is 46.2 Å². The minimum Gasteiger partial charge on any atom is -0.465 e. The van der Waals surface area contributed by atoms with Crippen molar-refractivity contribution < 1.29 is 13.9 Å². The van der Waals surface area contributed by atoms with Crippen LogP contribution in [0, 0.1) is 11.3 Å². The summed E-state index contributed by atoms with van der Waals surface area (Å²) in [6.07, 6.45) is 1.54. The summed E-state index contributed by atoms with van der Waals surface area (Å²) in [4.78, 5) is 14.2. The van der Waals surface area contributed by atoms with Crippen molar-refractivity contribution in [2.24, 2.45) is 0 Å². The van der Waals surface area contributed by atoms with Gasteiger partial charge in [-0.3, -0.25) is 9.69 Å². The summed E-state index contributed by atoms with van der Waals surface area (Å²) in [5, 5.41) is 17.0. The fourth-order valence-electron chi connectivity index (χ4n) is 2.74. The van der Waals surface area contributed by atoms with Gasteiger partial charge in [0.1, 0.15) is 6.04 Å². The third kappa shape index (κ3) is 4.90. The number of benzene rings is 1. The lowest BCUT2D eigenvalue weighted by Crippen LogP contribution is -2.42. The molecule has 2 aromatic rings. The lowest BCUT2D eigenvalue weighted by atomic mass is 10.1. The Labute approximate surface area is 153 Å². The van der Waals surface area contributed by atoms with Crippen LogP contribution in [0.25, 0.3) is 11.5 Å². The summed E-state index contributed by atoms with van der Waals surface area (Å²) in [7, 11) is 0. The number of carbonyl (C=O) groups excluding carboxylic acids is 1. The standard InChI is InChI=1S/C19H24N4O3/c1-4-11-23(16(5-2)19(24)25-6-3)13-17-21-22-18(26-17)15-9-7-14(12-20)8-10-15/h7-10,16H,4-6,11,13H2,1-3H3/t16-/m0/s1.